The summed E-state index contributed by atoms with van der Waals surface area (Å²) in [6.07, 6.45) is -4.43. The minimum atomic E-state index is -4.48. The number of carbonyl (C=O) groups excluding carboxylic acids is 1. The van der Waals surface area contributed by atoms with Gasteiger partial charge in [-0.15, -0.1) is 0 Å². The van der Waals surface area contributed by atoms with E-state index in [1.54, 1.807) is 0 Å². The van der Waals surface area contributed by atoms with Crippen molar-refractivity contribution < 1.29 is 18.0 Å². The van der Waals surface area contributed by atoms with Crippen molar-refractivity contribution in [3.05, 3.63) is 32.9 Å². The second kappa shape index (κ2) is 5.48. The van der Waals surface area contributed by atoms with Crippen molar-refractivity contribution in [2.24, 2.45) is 0 Å². The highest BCUT2D eigenvalue weighted by molar-refractivity contribution is 14.1. The number of hydrogen-bond donors (Lipinski definition) is 0. The van der Waals surface area contributed by atoms with E-state index in [0.29, 0.717) is 8.90 Å². The molecule has 0 atom stereocenters. The van der Waals surface area contributed by atoms with Crippen molar-refractivity contribution in [1.82, 2.24) is 0 Å². The fraction of sp³-hybridized carbons (Fsp3) is 0.300. The Morgan fingerprint density at radius 1 is 1.38 bits per heavy atom. The number of carbonyl (C=O) groups is 1. The van der Waals surface area contributed by atoms with Crippen LogP contribution in [-0.2, 0) is 6.18 Å². The summed E-state index contributed by atoms with van der Waals surface area (Å²) < 4.78 is 38.5. The molecule has 0 radical (unpaired) electrons. The Balaban J connectivity index is 3.24. The van der Waals surface area contributed by atoms with E-state index in [0.717, 1.165) is 6.07 Å². The number of hydrogen-bond acceptors (Lipinski definition) is 1. The second-order valence-corrected chi connectivity index (χ2v) is 5.09. The molecule has 0 heterocycles. The Hall–Kier alpha value is -0.110. The number of Topliss-reactive ketones (excluding diaryl/α,β-unsaturated/α-hetero) is 1. The smallest absolute Gasteiger partial charge is 0.294 e. The second-order valence-electron chi connectivity index (χ2n) is 3.05. The van der Waals surface area contributed by atoms with Gasteiger partial charge in [0.15, 0.2) is 5.78 Å². The molecular formula is C10H7BrF3IO. The van der Waals surface area contributed by atoms with E-state index in [1.807, 2.05) is 22.6 Å². The average molecular weight is 407 g/mol. The Kier molecular flexibility index (Phi) is 4.78. The van der Waals surface area contributed by atoms with Gasteiger partial charge in [0.1, 0.15) is 0 Å². The van der Waals surface area contributed by atoms with Gasteiger partial charge in [0.05, 0.1) is 5.56 Å². The lowest BCUT2D eigenvalue weighted by atomic mass is 10.0. The minimum Gasteiger partial charge on any atom is -0.294 e. The summed E-state index contributed by atoms with van der Waals surface area (Å²) in [5.41, 5.74) is -1.11. The van der Waals surface area contributed by atoms with Gasteiger partial charge in [0, 0.05) is 20.9 Å². The van der Waals surface area contributed by atoms with Crippen LogP contribution in [0.25, 0.3) is 0 Å². The van der Waals surface area contributed by atoms with Crippen LogP contribution in [0.5, 0.6) is 0 Å². The van der Waals surface area contributed by atoms with Crippen molar-refractivity contribution >= 4 is 44.3 Å². The van der Waals surface area contributed by atoms with Crippen molar-refractivity contribution in [1.29, 1.82) is 0 Å². The molecule has 0 amide bonds. The van der Waals surface area contributed by atoms with Crippen molar-refractivity contribution in [2.75, 3.05) is 5.33 Å². The molecule has 1 rings (SSSR count). The molecule has 0 spiro atoms. The van der Waals surface area contributed by atoms with E-state index in [1.165, 1.54) is 12.1 Å². The summed E-state index contributed by atoms with van der Waals surface area (Å²) in [7, 11) is 0. The number of benzene rings is 1. The lowest BCUT2D eigenvalue weighted by Crippen LogP contribution is -2.13. The highest BCUT2D eigenvalue weighted by Crippen LogP contribution is 2.33. The first-order valence-corrected chi connectivity index (χ1v) is 6.52. The minimum absolute atomic E-state index is 0.0587. The predicted molar refractivity (Wildman–Crippen MR) is 66.9 cm³/mol. The normalized spacial score (nSPS) is 11.6. The average Bonchev–Trinajstić information content (AvgIpc) is 2.16. The van der Waals surface area contributed by atoms with E-state index in [-0.39, 0.29) is 12.0 Å². The molecule has 0 aromatic heterocycles. The van der Waals surface area contributed by atoms with Crippen molar-refractivity contribution in [2.45, 2.75) is 12.6 Å². The maximum absolute atomic E-state index is 12.6. The quantitative estimate of drug-likeness (QED) is 0.416. The summed E-state index contributed by atoms with van der Waals surface area (Å²) in [6, 6.07) is 3.56. The molecule has 1 aromatic rings. The maximum atomic E-state index is 12.6. The van der Waals surface area contributed by atoms with E-state index >= 15 is 0 Å². The highest BCUT2D eigenvalue weighted by Gasteiger charge is 2.34. The Bertz CT molecular complexity index is 404. The summed E-state index contributed by atoms with van der Waals surface area (Å²) >= 11 is 4.92. The van der Waals surface area contributed by atoms with Crippen LogP contribution in [-0.4, -0.2) is 11.1 Å². The van der Waals surface area contributed by atoms with Gasteiger partial charge in [-0.25, -0.2) is 0 Å². The van der Waals surface area contributed by atoms with Crippen LogP contribution in [0, 0.1) is 3.57 Å². The first kappa shape index (κ1) is 14.0. The molecule has 88 valence electrons. The van der Waals surface area contributed by atoms with Crippen LogP contribution in [0.15, 0.2) is 18.2 Å². The zero-order chi connectivity index (χ0) is 12.3. The monoisotopic (exact) mass is 406 g/mol. The lowest BCUT2D eigenvalue weighted by molar-refractivity contribution is -0.137. The molecule has 0 saturated heterocycles. The van der Waals surface area contributed by atoms with Crippen LogP contribution in [0.1, 0.15) is 22.3 Å². The fourth-order valence-corrected chi connectivity index (χ4v) is 2.07. The molecule has 1 aromatic carbocycles. The zero-order valence-electron chi connectivity index (χ0n) is 7.94. The van der Waals surface area contributed by atoms with Crippen LogP contribution in [0.3, 0.4) is 0 Å². The van der Waals surface area contributed by atoms with Crippen LogP contribution < -0.4 is 0 Å². The summed E-state index contributed by atoms with van der Waals surface area (Å²) in [6.45, 7) is 0. The summed E-state index contributed by atoms with van der Waals surface area (Å²) in [5, 5.41) is 0.356. The summed E-state index contributed by atoms with van der Waals surface area (Å²) in [5.74, 6) is -0.497. The van der Waals surface area contributed by atoms with Gasteiger partial charge in [-0.05, 0) is 40.8 Å². The predicted octanol–water partition coefficient (Wildman–Crippen LogP) is 4.28. The molecule has 0 unspecified atom stereocenters. The first-order chi connectivity index (χ1) is 7.36. The van der Waals surface area contributed by atoms with Gasteiger partial charge in [-0.3, -0.25) is 4.79 Å². The molecule has 0 bridgehead atoms. The molecule has 6 heteroatoms. The first-order valence-electron chi connectivity index (χ1n) is 4.32. The van der Waals surface area contributed by atoms with Gasteiger partial charge in [-0.2, -0.15) is 13.2 Å². The Labute approximate surface area is 113 Å². The SMILES string of the molecule is O=C(CCBr)c1cc(I)ccc1C(F)(F)F. The standard InChI is InChI=1S/C10H7BrF3IO/c11-4-3-9(16)7-5-6(15)1-2-8(7)10(12,13)14/h1-2,5H,3-4H2. The van der Waals surface area contributed by atoms with E-state index in [4.69, 9.17) is 0 Å². The molecule has 1 nitrogen and oxygen atoms in total. The topological polar surface area (TPSA) is 17.1 Å². The van der Waals surface area contributed by atoms with Crippen LogP contribution >= 0.6 is 38.5 Å². The molecule has 0 aliphatic carbocycles. The van der Waals surface area contributed by atoms with Crippen molar-refractivity contribution in [3.8, 4) is 0 Å². The van der Waals surface area contributed by atoms with Gasteiger partial charge in [-0.1, -0.05) is 15.9 Å². The Morgan fingerprint density at radius 2 is 2.00 bits per heavy atom. The molecular weight excluding hydrogens is 400 g/mol. The fourth-order valence-electron chi connectivity index (χ4n) is 1.21. The number of ketones is 1. The van der Waals surface area contributed by atoms with Gasteiger partial charge in [0.2, 0.25) is 0 Å². The van der Waals surface area contributed by atoms with E-state index < -0.39 is 17.5 Å². The van der Waals surface area contributed by atoms with Crippen LogP contribution in [0.2, 0.25) is 0 Å². The molecule has 0 fully saturated rings. The molecule has 0 aliphatic heterocycles. The maximum Gasteiger partial charge on any atom is 0.417 e. The third-order valence-corrected chi connectivity index (χ3v) is 2.98. The largest absolute Gasteiger partial charge is 0.417 e. The highest BCUT2D eigenvalue weighted by atomic mass is 127. The molecule has 16 heavy (non-hydrogen) atoms. The Morgan fingerprint density at radius 3 is 2.50 bits per heavy atom. The molecule has 0 saturated carbocycles. The third-order valence-electron chi connectivity index (χ3n) is 1.91. The van der Waals surface area contributed by atoms with Gasteiger partial charge < -0.3 is 0 Å². The lowest BCUT2D eigenvalue weighted by Gasteiger charge is -2.11. The van der Waals surface area contributed by atoms with Gasteiger partial charge in [0.25, 0.3) is 0 Å². The molecule has 0 aliphatic rings. The van der Waals surface area contributed by atoms with E-state index in [9.17, 15) is 18.0 Å². The zero-order valence-corrected chi connectivity index (χ0v) is 11.7. The van der Waals surface area contributed by atoms with E-state index in [2.05, 4.69) is 15.9 Å². The summed E-state index contributed by atoms with van der Waals surface area (Å²) in [4.78, 5) is 11.5. The third kappa shape index (κ3) is 3.44. The number of rotatable bonds is 3. The number of alkyl halides is 4. The molecule has 0 N–H and O–H groups in total. The van der Waals surface area contributed by atoms with Gasteiger partial charge >= 0.3 is 6.18 Å². The number of halogens is 5. The van der Waals surface area contributed by atoms with Crippen LogP contribution in [0.4, 0.5) is 13.2 Å². The van der Waals surface area contributed by atoms with Crippen molar-refractivity contribution in [3.63, 3.8) is 0 Å².